The molecule has 11 heteroatoms. The van der Waals surface area contributed by atoms with Crippen LogP contribution in [0.1, 0.15) is 103 Å². The first kappa shape index (κ1) is 46.4. The highest BCUT2D eigenvalue weighted by molar-refractivity contribution is 5.76. The third kappa shape index (κ3) is 10.5. The van der Waals surface area contributed by atoms with Crippen molar-refractivity contribution in [1.82, 2.24) is 30.2 Å². The number of urea groups is 1. The summed E-state index contributed by atoms with van der Waals surface area (Å²) < 4.78 is 26.5. The smallest absolute Gasteiger partial charge is 0.318 e. The standard InChI is InChI=1S/C24H28FN3O.C15H14FN.C8H16N2.C8H12N2/c25-20-7-5-19(6-8-20)22-21-4-2-1-3-18(21)9-13-28(22)23(29)26-17-24-10-14-27(15-11-24)16-12-24;16-13-7-5-12(6-8-13)15-14-4-2-1-3-11(14)9-10-17-15;2*9-7-8-1-4-10(5-2-8)6-3-8/h1-8,22H,9-17H2,(H,26,29);1-8,15,17H,9-10H2;1-7,9H2;1-6H2/t22-;15-;;/m00../s1. The molecule has 9 saturated heterocycles. The Kier molecular flexibility index (Phi) is 14.5. The maximum Gasteiger partial charge on any atom is 0.318 e. The van der Waals surface area contributed by atoms with Crippen molar-refractivity contribution in [1.29, 1.82) is 5.26 Å². The number of hydrogen-bond acceptors (Lipinski definition) is 7. The minimum Gasteiger partial charge on any atom is -0.337 e. The Morgan fingerprint density at radius 3 is 1.59 bits per heavy atom. The predicted octanol–water partition coefficient (Wildman–Crippen LogP) is 8.46. The lowest BCUT2D eigenvalue weighted by Gasteiger charge is -2.48. The first-order valence-corrected chi connectivity index (χ1v) is 24.9. The second-order valence-corrected chi connectivity index (χ2v) is 20.5. The van der Waals surface area contributed by atoms with Gasteiger partial charge >= 0.3 is 6.03 Å². The number of nitrogens with two attached hydrogens (primary N) is 1. The number of benzene rings is 4. The van der Waals surface area contributed by atoms with Crippen LogP contribution < -0.4 is 16.4 Å². The van der Waals surface area contributed by atoms with Crippen LogP contribution in [0, 0.1) is 39.2 Å². The van der Waals surface area contributed by atoms with E-state index in [1.165, 1.54) is 99.1 Å². The fourth-order valence-corrected chi connectivity index (χ4v) is 12.0. The monoisotopic (exact) mass is 897 g/mol. The molecule has 66 heavy (non-hydrogen) atoms. The second kappa shape index (κ2) is 20.7. The highest BCUT2D eigenvalue weighted by Crippen LogP contribution is 2.42. The number of nitrogens with zero attached hydrogens (tertiary/aromatic N) is 5. The SMILES string of the molecule is Fc1ccc([C@@H]2NCCc3ccccc32)cc1.N#CC12CCN(CC1)CC2.NCC12CCN(CC1)CC2.O=C(NCC12CCN(CC1)CC2)N1CCc2ccccc2[C@@H]1c1ccc(F)cc1. The minimum absolute atomic E-state index is 0.00351. The van der Waals surface area contributed by atoms with Gasteiger partial charge in [-0.05, 0) is 205 Å². The van der Waals surface area contributed by atoms with Gasteiger partial charge in [0.15, 0.2) is 0 Å². The predicted molar refractivity (Wildman–Crippen MR) is 258 cm³/mol. The van der Waals surface area contributed by atoms with Crippen molar-refractivity contribution in [3.8, 4) is 6.07 Å². The molecule has 4 N–H and O–H groups in total. The third-order valence-electron chi connectivity index (χ3n) is 16.8. The molecule has 6 bridgehead atoms. The van der Waals surface area contributed by atoms with Gasteiger partial charge in [-0.25, -0.2) is 13.6 Å². The van der Waals surface area contributed by atoms with Crippen LogP contribution in [0.2, 0.25) is 0 Å². The zero-order valence-electron chi connectivity index (χ0n) is 38.8. The average Bonchev–Trinajstić information content (AvgIpc) is 3.40. The summed E-state index contributed by atoms with van der Waals surface area (Å²) in [6, 6.07) is 32.6. The zero-order chi connectivity index (χ0) is 45.6. The van der Waals surface area contributed by atoms with Crippen LogP contribution in [0.25, 0.3) is 0 Å². The van der Waals surface area contributed by atoms with Crippen LogP contribution in [0.3, 0.4) is 0 Å². The van der Waals surface area contributed by atoms with Gasteiger partial charge in [0.25, 0.3) is 0 Å². The molecule has 2 atom stereocenters. The van der Waals surface area contributed by atoms with E-state index in [4.69, 9.17) is 11.0 Å². The molecule has 11 aliphatic heterocycles. The van der Waals surface area contributed by atoms with Gasteiger partial charge < -0.3 is 36.0 Å². The largest absolute Gasteiger partial charge is 0.337 e. The number of hydrogen-bond donors (Lipinski definition) is 3. The molecule has 11 aliphatic rings. The lowest BCUT2D eigenvalue weighted by Crippen LogP contribution is -2.54. The molecule has 11 heterocycles. The third-order valence-corrected chi connectivity index (χ3v) is 16.8. The van der Waals surface area contributed by atoms with Crippen molar-refractivity contribution in [3.05, 3.63) is 142 Å². The van der Waals surface area contributed by atoms with E-state index in [1.807, 2.05) is 29.2 Å². The van der Waals surface area contributed by atoms with Crippen LogP contribution in [0.5, 0.6) is 0 Å². The van der Waals surface area contributed by atoms with Crippen molar-refractivity contribution in [3.63, 3.8) is 0 Å². The van der Waals surface area contributed by atoms with Gasteiger partial charge in [0.2, 0.25) is 0 Å². The summed E-state index contributed by atoms with van der Waals surface area (Å²) in [5.41, 5.74) is 13.9. The second-order valence-electron chi connectivity index (χ2n) is 20.5. The van der Waals surface area contributed by atoms with Crippen molar-refractivity contribution in [2.24, 2.45) is 22.0 Å². The first-order valence-electron chi connectivity index (χ1n) is 24.9. The molecule has 4 aromatic carbocycles. The van der Waals surface area contributed by atoms with Crippen molar-refractivity contribution in [2.75, 3.05) is 85.1 Å². The molecule has 0 radical (unpaired) electrons. The molecule has 9 fully saturated rings. The molecular formula is C55H70F2N8O. The molecular weight excluding hydrogens is 827 g/mol. The summed E-state index contributed by atoms with van der Waals surface area (Å²) in [6.45, 7) is 14.2. The van der Waals surface area contributed by atoms with E-state index in [0.29, 0.717) is 12.0 Å². The Morgan fingerprint density at radius 1 is 0.621 bits per heavy atom. The summed E-state index contributed by atoms with van der Waals surface area (Å²) in [7, 11) is 0. The Balaban J connectivity index is 0.000000124. The maximum atomic E-state index is 13.5. The van der Waals surface area contributed by atoms with Crippen molar-refractivity contribution in [2.45, 2.75) is 82.7 Å². The molecule has 0 aromatic heterocycles. The Hall–Kier alpha value is -4.70. The minimum atomic E-state index is -0.253. The number of amides is 2. The molecule has 0 saturated carbocycles. The van der Waals surface area contributed by atoms with E-state index >= 15 is 0 Å². The van der Waals surface area contributed by atoms with E-state index < -0.39 is 0 Å². The van der Waals surface area contributed by atoms with Crippen LogP contribution in [0.15, 0.2) is 97.1 Å². The van der Waals surface area contributed by atoms with Gasteiger partial charge in [-0.3, -0.25) is 0 Å². The van der Waals surface area contributed by atoms with Gasteiger partial charge in [-0.15, -0.1) is 0 Å². The fourth-order valence-electron chi connectivity index (χ4n) is 12.0. The molecule has 4 aromatic rings. The maximum absolute atomic E-state index is 13.5. The normalized spacial score (nSPS) is 30.9. The first-order chi connectivity index (χ1) is 32.2. The highest BCUT2D eigenvalue weighted by atomic mass is 19.1. The Morgan fingerprint density at radius 2 is 1.09 bits per heavy atom. The Bertz CT molecular complexity index is 2230. The van der Waals surface area contributed by atoms with E-state index in [2.05, 4.69) is 67.8 Å². The quantitative estimate of drug-likeness (QED) is 0.185. The highest BCUT2D eigenvalue weighted by Gasteiger charge is 2.42. The van der Waals surface area contributed by atoms with E-state index in [-0.39, 0.29) is 40.6 Å². The molecule has 15 rings (SSSR count). The number of piperidine rings is 9. The van der Waals surface area contributed by atoms with Gasteiger partial charge in [-0.2, -0.15) is 5.26 Å². The van der Waals surface area contributed by atoms with Gasteiger partial charge in [0, 0.05) is 19.6 Å². The number of carbonyl (C=O) groups is 1. The molecule has 2 amide bonds. The van der Waals surface area contributed by atoms with Gasteiger partial charge in [0.05, 0.1) is 23.6 Å². The number of nitriles is 1. The van der Waals surface area contributed by atoms with E-state index in [9.17, 15) is 13.6 Å². The number of carbonyl (C=O) groups excluding carboxylic acids is 1. The molecule has 0 spiro atoms. The molecule has 9 nitrogen and oxygen atoms in total. The molecule has 0 aliphatic carbocycles. The van der Waals surface area contributed by atoms with Crippen molar-refractivity contribution >= 4 is 6.03 Å². The van der Waals surface area contributed by atoms with Gasteiger partial charge in [0.1, 0.15) is 11.6 Å². The fraction of sp³-hybridized carbons (Fsp3) is 0.527. The Labute approximate surface area is 391 Å². The summed E-state index contributed by atoms with van der Waals surface area (Å²) in [4.78, 5) is 22.8. The lowest BCUT2D eigenvalue weighted by atomic mass is 9.72. The van der Waals surface area contributed by atoms with Crippen LogP contribution in [-0.2, 0) is 12.8 Å². The van der Waals surface area contributed by atoms with Crippen LogP contribution >= 0.6 is 0 Å². The zero-order valence-corrected chi connectivity index (χ0v) is 38.8. The lowest BCUT2D eigenvalue weighted by molar-refractivity contribution is 0.0272. The summed E-state index contributed by atoms with van der Waals surface area (Å²) >= 11 is 0. The number of rotatable bonds is 5. The van der Waals surface area contributed by atoms with Gasteiger partial charge in [-0.1, -0.05) is 72.8 Å². The number of fused-ring (bicyclic) bond motifs is 11. The summed E-state index contributed by atoms with van der Waals surface area (Å²) in [5.74, 6) is -0.436. The molecule has 0 unspecified atom stereocenters. The summed E-state index contributed by atoms with van der Waals surface area (Å²) in [5, 5.41) is 15.7. The summed E-state index contributed by atoms with van der Waals surface area (Å²) in [6.07, 6.45) is 12.8. The van der Waals surface area contributed by atoms with Crippen LogP contribution in [0.4, 0.5) is 13.6 Å². The van der Waals surface area contributed by atoms with Crippen LogP contribution in [-0.4, -0.2) is 111 Å². The molecule has 350 valence electrons. The average molecular weight is 897 g/mol. The van der Waals surface area contributed by atoms with E-state index in [1.54, 1.807) is 12.1 Å². The van der Waals surface area contributed by atoms with E-state index in [0.717, 1.165) is 108 Å². The number of nitrogens with one attached hydrogen (secondary N) is 2. The van der Waals surface area contributed by atoms with Crippen molar-refractivity contribution < 1.29 is 13.6 Å². The topological polar surface area (TPSA) is 104 Å². The number of halogens is 2.